The van der Waals surface area contributed by atoms with Gasteiger partial charge >= 0.3 is 23.9 Å². The van der Waals surface area contributed by atoms with Crippen LogP contribution >= 0.6 is 0 Å². The number of urea groups is 1. The van der Waals surface area contributed by atoms with Gasteiger partial charge in [0.2, 0.25) is 0 Å². The molecule has 5 atom stereocenters. The minimum Gasteiger partial charge on any atom is -0.488 e. The van der Waals surface area contributed by atoms with E-state index in [-0.39, 0.29) is 43.9 Å². The number of piperazine rings is 1. The Balaban J connectivity index is 0.883. The Kier molecular flexibility index (Phi) is 13.3. The van der Waals surface area contributed by atoms with Gasteiger partial charge in [0.1, 0.15) is 47.8 Å². The van der Waals surface area contributed by atoms with Gasteiger partial charge in [0, 0.05) is 61.6 Å². The number of aliphatic hydroxyl groups excluding tert-OH is 2. The van der Waals surface area contributed by atoms with Gasteiger partial charge in [-0.05, 0) is 80.4 Å². The quantitative estimate of drug-likeness (QED) is 0.125. The molecule has 364 valence electrons. The van der Waals surface area contributed by atoms with Gasteiger partial charge in [0.05, 0.1) is 18.8 Å². The highest BCUT2D eigenvalue weighted by Gasteiger charge is 2.75. The van der Waals surface area contributed by atoms with Gasteiger partial charge in [-0.1, -0.05) is 56.2 Å². The summed E-state index contributed by atoms with van der Waals surface area (Å²) in [4.78, 5) is 53.5. The molecule has 4 aromatic carbocycles. The third-order valence-electron chi connectivity index (χ3n) is 13.3. The van der Waals surface area contributed by atoms with Crippen LogP contribution in [0.4, 0.5) is 30.6 Å². The Morgan fingerprint density at radius 1 is 0.826 bits per heavy atom. The Labute approximate surface area is 397 Å². The van der Waals surface area contributed by atoms with E-state index in [1.165, 1.54) is 34.4 Å². The van der Waals surface area contributed by atoms with Gasteiger partial charge < -0.3 is 48.6 Å². The summed E-state index contributed by atoms with van der Waals surface area (Å²) in [6, 6.07) is 26.4. The van der Waals surface area contributed by atoms with E-state index in [1.807, 2.05) is 87.5 Å². The average molecular weight is 952 g/mol. The van der Waals surface area contributed by atoms with Gasteiger partial charge in [0.25, 0.3) is 0 Å². The van der Waals surface area contributed by atoms with E-state index in [0.717, 1.165) is 23.0 Å². The molecule has 0 bridgehead atoms. The van der Waals surface area contributed by atoms with Crippen LogP contribution in [0.1, 0.15) is 51.2 Å². The number of carbonyl (C=O) groups excluding carboxylic acids is 3. The molecule has 1 spiro atoms. The largest absolute Gasteiger partial charge is 0.488 e. The lowest BCUT2D eigenvalue weighted by Gasteiger charge is -2.48. The van der Waals surface area contributed by atoms with Gasteiger partial charge in [-0.2, -0.15) is 5.10 Å². The second-order valence-electron chi connectivity index (χ2n) is 18.1. The van der Waals surface area contributed by atoms with Gasteiger partial charge in [0.15, 0.2) is 18.5 Å². The van der Waals surface area contributed by atoms with E-state index < -0.39 is 71.2 Å². The Bertz CT molecular complexity index is 2580. The molecule has 17 nitrogen and oxygen atoms in total. The Morgan fingerprint density at radius 2 is 1.45 bits per heavy atom. The molecule has 0 saturated carbocycles. The summed E-state index contributed by atoms with van der Waals surface area (Å²) < 4.78 is 60.9. The molecule has 9 rings (SSSR count). The summed E-state index contributed by atoms with van der Waals surface area (Å²) in [6.07, 6.45) is -0.823. The van der Waals surface area contributed by atoms with Crippen LogP contribution in [0.15, 0.2) is 110 Å². The van der Waals surface area contributed by atoms with Crippen LogP contribution in [0.3, 0.4) is 0 Å². The molecule has 2 N–H and O–H groups in total. The first-order valence-electron chi connectivity index (χ1n) is 23.2. The van der Waals surface area contributed by atoms with Gasteiger partial charge in [-0.15, -0.1) is 0 Å². The maximum atomic E-state index is 15.1. The van der Waals surface area contributed by atoms with Crippen LogP contribution in [0.5, 0.6) is 5.75 Å². The van der Waals surface area contributed by atoms with Crippen molar-refractivity contribution in [3.05, 3.63) is 132 Å². The van der Waals surface area contributed by atoms with Crippen molar-refractivity contribution in [2.45, 2.75) is 94.6 Å². The van der Waals surface area contributed by atoms with E-state index in [1.54, 1.807) is 17.0 Å². The lowest BCUT2D eigenvalue weighted by molar-refractivity contribution is -0.255. The summed E-state index contributed by atoms with van der Waals surface area (Å²) >= 11 is 0. The predicted molar refractivity (Wildman–Crippen MR) is 246 cm³/mol. The molecule has 0 radical (unpaired) electrons. The number of hydrogen-bond donors (Lipinski definition) is 2. The van der Waals surface area contributed by atoms with Gasteiger partial charge in [-0.3, -0.25) is 0 Å². The zero-order valence-corrected chi connectivity index (χ0v) is 38.5. The number of anilines is 3. The number of aliphatic hydroxyl groups is 2. The number of halogens is 2. The van der Waals surface area contributed by atoms with Crippen molar-refractivity contribution >= 4 is 35.0 Å². The molecule has 5 aromatic rings. The summed E-state index contributed by atoms with van der Waals surface area (Å²) in [7, 11) is 0. The van der Waals surface area contributed by atoms with Crippen LogP contribution in [0.2, 0.25) is 0 Å². The summed E-state index contributed by atoms with van der Waals surface area (Å²) in [6.45, 7) is 8.45. The van der Waals surface area contributed by atoms with E-state index in [4.69, 9.17) is 23.7 Å². The zero-order valence-electron chi connectivity index (χ0n) is 38.5. The molecule has 19 heteroatoms. The molecule has 4 saturated heterocycles. The highest BCUT2D eigenvalue weighted by atomic mass is 19.1. The van der Waals surface area contributed by atoms with Crippen molar-refractivity contribution < 1.29 is 57.1 Å². The minimum atomic E-state index is -2.41. The standard InChI is InChI=1S/C50H55F2N7O10/c1-4-5-21-49(27-34-9-7-6-8-10-34)50(68-45(62)43(60)44(61)46(63)69-50)59(47(64)58(49)33(2)3)38-14-12-36(13-15-38)55-22-24-56(25-23-55)37-16-18-39(19-17-37)65-28-42-66-30-48(67-42,29-57-32-53-31-54-57)40-20-11-35(51)26-41(40)52/h6-20,26,31-33,42-44,60-61H,4-5,21-25,27-30H2,1-3H3/t42-,43?,44?,48+,49?,50?/m0/s1. The Hall–Kier alpha value is -6.67. The number of nitrogens with zero attached hydrogens (tertiary/aromatic N) is 7. The fourth-order valence-corrected chi connectivity index (χ4v) is 10.0. The van der Waals surface area contributed by atoms with Crippen LogP contribution in [-0.2, 0) is 47.1 Å². The van der Waals surface area contributed by atoms with Crippen molar-refractivity contribution in [2.24, 2.45) is 0 Å². The van der Waals surface area contributed by atoms with Crippen molar-refractivity contribution in [3.63, 3.8) is 0 Å². The molecule has 4 aliphatic rings. The van der Waals surface area contributed by atoms with Crippen molar-refractivity contribution in [1.29, 1.82) is 0 Å². The molecule has 4 fully saturated rings. The SMILES string of the molecule is CCCCC1(Cc2ccccc2)N(C(C)C)C(=O)N(c2ccc(N3CCN(c4ccc(OC[C@H]5OC[C@](Cn6cncn6)(c6ccc(F)cc6F)O5)cc4)CC3)cc2)C12OC(=O)C(O)C(O)C(=O)O2. The second kappa shape index (κ2) is 19.4. The number of hydrogen-bond acceptors (Lipinski definition) is 14. The maximum absolute atomic E-state index is 15.1. The number of carbonyl (C=O) groups is 3. The molecule has 0 aliphatic carbocycles. The molecular weight excluding hydrogens is 897 g/mol. The van der Waals surface area contributed by atoms with Crippen LogP contribution in [0.25, 0.3) is 0 Å². The number of amides is 2. The summed E-state index contributed by atoms with van der Waals surface area (Å²) in [5.74, 6) is -5.88. The topological polar surface area (TPSA) is 181 Å². The molecule has 4 aliphatic heterocycles. The Morgan fingerprint density at radius 3 is 2.03 bits per heavy atom. The third kappa shape index (κ3) is 8.95. The number of unbranched alkanes of at least 4 members (excludes halogenated alkanes) is 1. The monoisotopic (exact) mass is 951 g/mol. The molecule has 1 aromatic heterocycles. The van der Waals surface area contributed by atoms with E-state index in [2.05, 4.69) is 19.9 Å². The first kappa shape index (κ1) is 47.4. The molecule has 2 amide bonds. The van der Waals surface area contributed by atoms with E-state index >= 15 is 4.39 Å². The third-order valence-corrected chi connectivity index (χ3v) is 13.3. The van der Waals surface area contributed by atoms with Gasteiger partial charge in [-0.25, -0.2) is 37.7 Å². The average Bonchev–Trinajstić information content (AvgIpc) is 4.05. The molecular formula is C50H55F2N7O10. The fourth-order valence-electron chi connectivity index (χ4n) is 10.0. The van der Waals surface area contributed by atoms with Crippen LogP contribution in [0, 0.1) is 11.6 Å². The lowest BCUT2D eigenvalue weighted by atomic mass is 9.80. The van der Waals surface area contributed by atoms with E-state index in [9.17, 15) is 29.0 Å². The highest BCUT2D eigenvalue weighted by Crippen LogP contribution is 2.53. The van der Waals surface area contributed by atoms with Crippen molar-refractivity contribution in [2.75, 3.05) is 54.1 Å². The normalized spacial score (nSPS) is 26.2. The highest BCUT2D eigenvalue weighted by molar-refractivity contribution is 5.99. The maximum Gasteiger partial charge on any atom is 0.375 e. The predicted octanol–water partition coefficient (Wildman–Crippen LogP) is 5.53. The zero-order chi connectivity index (χ0) is 48.5. The number of benzene rings is 4. The minimum absolute atomic E-state index is 0.0115. The molecule has 69 heavy (non-hydrogen) atoms. The molecule has 3 unspecified atom stereocenters. The fraction of sp³-hybridized carbons (Fsp3) is 0.420. The first-order chi connectivity index (χ1) is 33.3. The lowest BCUT2D eigenvalue weighted by Crippen LogP contribution is -2.67. The van der Waals surface area contributed by atoms with E-state index in [0.29, 0.717) is 44.8 Å². The summed E-state index contributed by atoms with van der Waals surface area (Å²) in [5.41, 5.74) is 0.299. The number of esters is 2. The van der Waals surface area contributed by atoms with Crippen LogP contribution < -0.4 is 19.4 Å². The molecule has 5 heterocycles. The number of aromatic nitrogens is 3. The van der Waals surface area contributed by atoms with Crippen LogP contribution in [-0.4, -0.2) is 123 Å². The number of rotatable bonds is 15. The summed E-state index contributed by atoms with van der Waals surface area (Å²) in [5, 5.41) is 25.6. The number of ether oxygens (including phenoxy) is 5. The first-order valence-corrected chi connectivity index (χ1v) is 23.2. The smallest absolute Gasteiger partial charge is 0.375 e. The second-order valence-corrected chi connectivity index (χ2v) is 18.1. The van der Waals surface area contributed by atoms with Crippen molar-refractivity contribution in [3.8, 4) is 5.75 Å². The van der Waals surface area contributed by atoms with Crippen molar-refractivity contribution in [1.82, 2.24) is 19.7 Å².